The fourth-order valence-corrected chi connectivity index (χ4v) is 2.35. The van der Waals surface area contributed by atoms with Gasteiger partial charge < -0.3 is 4.79 Å². The summed E-state index contributed by atoms with van der Waals surface area (Å²) < 4.78 is 0. The highest BCUT2D eigenvalue weighted by Gasteiger charge is 2.27. The van der Waals surface area contributed by atoms with Crippen molar-refractivity contribution in [1.29, 1.82) is 0 Å². The van der Waals surface area contributed by atoms with Gasteiger partial charge in [0.25, 0.3) is 0 Å². The molecule has 0 amide bonds. The second-order valence-electron chi connectivity index (χ2n) is 4.48. The Morgan fingerprint density at radius 2 is 2.14 bits per heavy atom. The first-order valence-electron chi connectivity index (χ1n) is 5.88. The molecule has 0 aromatic rings. The molecule has 1 nitrogen and oxygen atoms in total. The van der Waals surface area contributed by atoms with Gasteiger partial charge in [-0.25, -0.2) is 0 Å². The van der Waals surface area contributed by atoms with E-state index in [2.05, 4.69) is 19.9 Å². The SMILES string of the molecule is CCC1(CC)CC=C(CCC=O)CC1. The normalized spacial score (nSPS) is 20.3. The average Bonchev–Trinajstić information content (AvgIpc) is 2.27. The minimum absolute atomic E-state index is 0.574. The number of hydrogen-bond donors (Lipinski definition) is 0. The monoisotopic (exact) mass is 194 g/mol. The largest absolute Gasteiger partial charge is 0.303 e. The molecule has 14 heavy (non-hydrogen) atoms. The molecule has 0 heterocycles. The van der Waals surface area contributed by atoms with E-state index >= 15 is 0 Å². The highest BCUT2D eigenvalue weighted by molar-refractivity contribution is 5.49. The molecule has 0 saturated carbocycles. The Morgan fingerprint density at radius 3 is 2.57 bits per heavy atom. The van der Waals surface area contributed by atoms with Gasteiger partial charge in [-0.2, -0.15) is 0 Å². The topological polar surface area (TPSA) is 17.1 Å². The summed E-state index contributed by atoms with van der Waals surface area (Å²) in [6, 6.07) is 0. The highest BCUT2D eigenvalue weighted by atomic mass is 16.1. The second kappa shape index (κ2) is 5.33. The quantitative estimate of drug-likeness (QED) is 0.479. The molecule has 1 rings (SSSR count). The molecule has 80 valence electrons. The number of aldehydes is 1. The Kier molecular flexibility index (Phi) is 4.37. The van der Waals surface area contributed by atoms with Crippen molar-refractivity contribution in [2.75, 3.05) is 0 Å². The molecule has 0 radical (unpaired) electrons. The molecule has 0 aromatic carbocycles. The van der Waals surface area contributed by atoms with Crippen LogP contribution in [0.2, 0.25) is 0 Å². The molecular formula is C13H22O. The van der Waals surface area contributed by atoms with Crippen LogP contribution in [0.5, 0.6) is 0 Å². The van der Waals surface area contributed by atoms with Gasteiger partial charge in [-0.3, -0.25) is 0 Å². The minimum atomic E-state index is 0.574. The van der Waals surface area contributed by atoms with E-state index in [4.69, 9.17) is 0 Å². The van der Waals surface area contributed by atoms with Crippen LogP contribution in [0.1, 0.15) is 58.8 Å². The maximum Gasteiger partial charge on any atom is 0.120 e. The molecule has 0 aliphatic heterocycles. The van der Waals surface area contributed by atoms with Crippen LogP contribution in [0, 0.1) is 5.41 Å². The van der Waals surface area contributed by atoms with Crippen molar-refractivity contribution in [2.45, 2.75) is 58.8 Å². The Labute approximate surface area is 87.6 Å². The summed E-state index contributed by atoms with van der Waals surface area (Å²) in [5.41, 5.74) is 2.08. The van der Waals surface area contributed by atoms with Crippen LogP contribution in [-0.2, 0) is 4.79 Å². The number of allylic oxidation sites excluding steroid dienone is 2. The molecule has 0 spiro atoms. The third-order valence-electron chi connectivity index (χ3n) is 3.88. The van der Waals surface area contributed by atoms with Crippen molar-refractivity contribution in [3.8, 4) is 0 Å². The van der Waals surface area contributed by atoms with Crippen LogP contribution in [0.25, 0.3) is 0 Å². The summed E-state index contributed by atoms with van der Waals surface area (Å²) in [5.74, 6) is 0. The van der Waals surface area contributed by atoms with Crippen LogP contribution < -0.4 is 0 Å². The van der Waals surface area contributed by atoms with E-state index in [-0.39, 0.29) is 0 Å². The van der Waals surface area contributed by atoms with Crippen molar-refractivity contribution >= 4 is 6.29 Å². The maximum absolute atomic E-state index is 10.3. The molecule has 0 bridgehead atoms. The Hall–Kier alpha value is -0.590. The van der Waals surface area contributed by atoms with Gasteiger partial charge in [0.15, 0.2) is 0 Å². The van der Waals surface area contributed by atoms with Gasteiger partial charge in [0.05, 0.1) is 0 Å². The highest BCUT2D eigenvalue weighted by Crippen LogP contribution is 2.41. The average molecular weight is 194 g/mol. The molecule has 0 unspecified atom stereocenters. The zero-order valence-electron chi connectivity index (χ0n) is 9.51. The lowest BCUT2D eigenvalue weighted by Crippen LogP contribution is -2.21. The van der Waals surface area contributed by atoms with E-state index < -0.39 is 0 Å². The first kappa shape index (κ1) is 11.5. The lowest BCUT2D eigenvalue weighted by Gasteiger charge is -2.34. The standard InChI is InChI=1S/C13H22O/c1-3-13(4-2)9-7-12(8-10-13)6-5-11-14/h7,11H,3-6,8-10H2,1-2H3. The first-order valence-corrected chi connectivity index (χ1v) is 5.88. The molecule has 1 aliphatic rings. The third kappa shape index (κ3) is 2.70. The van der Waals surface area contributed by atoms with Crippen molar-refractivity contribution in [3.05, 3.63) is 11.6 Å². The lowest BCUT2D eigenvalue weighted by atomic mass is 9.71. The van der Waals surface area contributed by atoms with E-state index in [0.717, 1.165) is 12.7 Å². The van der Waals surface area contributed by atoms with E-state index in [1.54, 1.807) is 0 Å². The van der Waals surface area contributed by atoms with Gasteiger partial charge in [0, 0.05) is 6.42 Å². The Bertz CT molecular complexity index is 211. The van der Waals surface area contributed by atoms with Crippen molar-refractivity contribution in [2.24, 2.45) is 5.41 Å². The molecule has 0 aromatic heterocycles. The van der Waals surface area contributed by atoms with E-state index in [1.165, 1.54) is 37.7 Å². The zero-order valence-corrected chi connectivity index (χ0v) is 9.51. The van der Waals surface area contributed by atoms with Gasteiger partial charge in [-0.1, -0.05) is 38.3 Å². The van der Waals surface area contributed by atoms with Crippen molar-refractivity contribution < 1.29 is 4.79 Å². The molecule has 0 saturated heterocycles. The third-order valence-corrected chi connectivity index (χ3v) is 3.88. The summed E-state index contributed by atoms with van der Waals surface area (Å²) in [4.78, 5) is 10.3. The maximum atomic E-state index is 10.3. The first-order chi connectivity index (χ1) is 6.76. The van der Waals surface area contributed by atoms with Gasteiger partial charge in [0.1, 0.15) is 6.29 Å². The van der Waals surface area contributed by atoms with Gasteiger partial charge in [-0.05, 0) is 31.1 Å². The fraction of sp³-hybridized carbons (Fsp3) is 0.769. The number of carbonyl (C=O) groups is 1. The summed E-state index contributed by atoms with van der Waals surface area (Å²) in [5, 5.41) is 0. The Balaban J connectivity index is 2.49. The van der Waals surface area contributed by atoms with Gasteiger partial charge >= 0.3 is 0 Å². The van der Waals surface area contributed by atoms with E-state index in [1.807, 2.05) is 0 Å². The molecule has 0 N–H and O–H groups in total. The number of hydrogen-bond acceptors (Lipinski definition) is 1. The van der Waals surface area contributed by atoms with Gasteiger partial charge in [-0.15, -0.1) is 0 Å². The summed E-state index contributed by atoms with van der Waals surface area (Å²) >= 11 is 0. The predicted molar refractivity (Wildman–Crippen MR) is 60.2 cm³/mol. The van der Waals surface area contributed by atoms with Crippen LogP contribution >= 0.6 is 0 Å². The molecular weight excluding hydrogens is 172 g/mol. The summed E-state index contributed by atoms with van der Waals surface area (Å²) in [6.07, 6.45) is 11.5. The smallest absolute Gasteiger partial charge is 0.120 e. The fourth-order valence-electron chi connectivity index (χ4n) is 2.35. The van der Waals surface area contributed by atoms with Crippen LogP contribution in [0.3, 0.4) is 0 Å². The minimum Gasteiger partial charge on any atom is -0.303 e. The van der Waals surface area contributed by atoms with Crippen molar-refractivity contribution in [1.82, 2.24) is 0 Å². The van der Waals surface area contributed by atoms with E-state index in [0.29, 0.717) is 11.8 Å². The summed E-state index contributed by atoms with van der Waals surface area (Å²) in [6.45, 7) is 4.60. The number of rotatable bonds is 5. The number of carbonyl (C=O) groups excluding carboxylic acids is 1. The van der Waals surface area contributed by atoms with Crippen LogP contribution in [-0.4, -0.2) is 6.29 Å². The molecule has 0 atom stereocenters. The lowest BCUT2D eigenvalue weighted by molar-refractivity contribution is -0.107. The van der Waals surface area contributed by atoms with Gasteiger partial charge in [0.2, 0.25) is 0 Å². The summed E-state index contributed by atoms with van der Waals surface area (Å²) in [7, 11) is 0. The molecule has 0 fully saturated rings. The molecule has 1 heteroatoms. The van der Waals surface area contributed by atoms with E-state index in [9.17, 15) is 4.79 Å². The van der Waals surface area contributed by atoms with Crippen molar-refractivity contribution in [3.63, 3.8) is 0 Å². The zero-order chi connectivity index (χ0) is 10.4. The molecule has 1 aliphatic carbocycles. The second-order valence-corrected chi connectivity index (χ2v) is 4.48. The Morgan fingerprint density at radius 1 is 1.43 bits per heavy atom. The van der Waals surface area contributed by atoms with Crippen LogP contribution in [0.15, 0.2) is 11.6 Å². The predicted octanol–water partition coefficient (Wildman–Crippen LogP) is 3.88. The van der Waals surface area contributed by atoms with Crippen LogP contribution in [0.4, 0.5) is 0 Å².